The highest BCUT2D eigenvalue weighted by Crippen LogP contribution is 2.02. The summed E-state index contributed by atoms with van der Waals surface area (Å²) in [6.45, 7) is 1.35. The summed E-state index contributed by atoms with van der Waals surface area (Å²) in [5, 5.41) is 8.64. The molecule has 1 heterocycles. The van der Waals surface area contributed by atoms with Crippen LogP contribution in [0.15, 0.2) is 22.8 Å². The summed E-state index contributed by atoms with van der Waals surface area (Å²) in [6.07, 6.45) is 0.256. The molecule has 0 amide bonds. The molecule has 0 saturated carbocycles. The first-order valence-electron chi connectivity index (χ1n) is 3.12. The van der Waals surface area contributed by atoms with Crippen LogP contribution in [0.3, 0.4) is 0 Å². The fourth-order valence-corrected chi connectivity index (χ4v) is 0.608. The molecule has 0 spiro atoms. The van der Waals surface area contributed by atoms with Crippen molar-refractivity contribution in [2.45, 2.75) is 13.2 Å². The van der Waals surface area contributed by atoms with Crippen LogP contribution in [0.25, 0.3) is 0 Å². The van der Waals surface area contributed by atoms with Crippen LogP contribution in [0.1, 0.15) is 17.5 Å². The van der Waals surface area contributed by atoms with Gasteiger partial charge in [-0.3, -0.25) is 0 Å². The molecule has 1 rings (SSSR count). The zero-order valence-corrected chi connectivity index (χ0v) is 5.98. The molecule has 4 heteroatoms. The van der Waals surface area contributed by atoms with Gasteiger partial charge in [-0.25, -0.2) is 4.79 Å². The number of carbonyl (C=O) groups is 1. The molecule has 1 N–H and O–H groups in total. The second-order valence-electron chi connectivity index (χ2n) is 1.98. The summed E-state index contributed by atoms with van der Waals surface area (Å²) < 4.78 is 9.13. The van der Waals surface area contributed by atoms with Gasteiger partial charge in [-0.1, -0.05) is 0 Å². The van der Waals surface area contributed by atoms with Crippen molar-refractivity contribution in [3.05, 3.63) is 24.2 Å². The van der Waals surface area contributed by atoms with Crippen molar-refractivity contribution < 1.29 is 19.1 Å². The number of hydrogen-bond donors (Lipinski definition) is 1. The second kappa shape index (κ2) is 3.21. The molecule has 0 aliphatic carbocycles. The van der Waals surface area contributed by atoms with Crippen LogP contribution in [0.5, 0.6) is 0 Å². The Balaban J connectivity index is 2.57. The summed E-state index contributed by atoms with van der Waals surface area (Å²) in [4.78, 5) is 10.8. The molecule has 1 aromatic rings. The van der Waals surface area contributed by atoms with Gasteiger partial charge in [-0.2, -0.15) is 0 Å². The van der Waals surface area contributed by atoms with Crippen molar-refractivity contribution >= 4 is 5.97 Å². The van der Waals surface area contributed by atoms with E-state index in [9.17, 15) is 4.79 Å². The molecule has 11 heavy (non-hydrogen) atoms. The molecule has 0 bridgehead atoms. The Kier molecular flexibility index (Phi) is 2.28. The van der Waals surface area contributed by atoms with E-state index in [2.05, 4.69) is 4.74 Å². The Morgan fingerprint density at radius 2 is 2.55 bits per heavy atom. The third-order valence-corrected chi connectivity index (χ3v) is 1.000. The van der Waals surface area contributed by atoms with Crippen LogP contribution >= 0.6 is 0 Å². The van der Waals surface area contributed by atoms with E-state index in [4.69, 9.17) is 9.52 Å². The third kappa shape index (κ3) is 2.09. The summed E-state index contributed by atoms with van der Waals surface area (Å²) in [7, 11) is 0. The molecule has 1 aromatic heterocycles. The maximum atomic E-state index is 10.8. The summed E-state index contributed by atoms with van der Waals surface area (Å²) >= 11 is 0. The Bertz CT molecular complexity index is 225. The first kappa shape index (κ1) is 7.81. The van der Waals surface area contributed by atoms with Crippen LogP contribution in [0.2, 0.25) is 0 Å². The SMILES string of the molecule is CC(O)OC(=O)c1ccco1. The van der Waals surface area contributed by atoms with Gasteiger partial charge >= 0.3 is 5.97 Å². The van der Waals surface area contributed by atoms with Gasteiger partial charge in [0.2, 0.25) is 5.76 Å². The number of furan rings is 1. The maximum absolute atomic E-state index is 10.8. The van der Waals surface area contributed by atoms with Crippen molar-refractivity contribution in [2.24, 2.45) is 0 Å². The molecule has 0 aromatic carbocycles. The quantitative estimate of drug-likeness (QED) is 0.507. The van der Waals surface area contributed by atoms with E-state index in [-0.39, 0.29) is 5.76 Å². The maximum Gasteiger partial charge on any atom is 0.376 e. The number of hydrogen-bond acceptors (Lipinski definition) is 4. The molecule has 1 atom stereocenters. The van der Waals surface area contributed by atoms with Crippen LogP contribution < -0.4 is 0 Å². The Labute approximate surface area is 63.4 Å². The summed E-state index contributed by atoms with van der Waals surface area (Å²) in [5.74, 6) is -0.573. The van der Waals surface area contributed by atoms with Crippen LogP contribution in [-0.4, -0.2) is 17.4 Å². The van der Waals surface area contributed by atoms with Gasteiger partial charge in [-0.05, 0) is 19.1 Å². The van der Waals surface area contributed by atoms with Gasteiger partial charge < -0.3 is 14.3 Å². The van der Waals surface area contributed by atoms with Crippen LogP contribution in [0, 0.1) is 0 Å². The number of carbonyl (C=O) groups excluding carboxylic acids is 1. The third-order valence-electron chi connectivity index (χ3n) is 1.000. The highest BCUT2D eigenvalue weighted by Gasteiger charge is 2.11. The first-order valence-corrected chi connectivity index (χ1v) is 3.12. The van der Waals surface area contributed by atoms with Crippen LogP contribution in [0.4, 0.5) is 0 Å². The monoisotopic (exact) mass is 156 g/mol. The molecular formula is C7H8O4. The van der Waals surface area contributed by atoms with E-state index in [0.717, 1.165) is 0 Å². The number of rotatable bonds is 2. The lowest BCUT2D eigenvalue weighted by molar-refractivity contribution is -0.0543. The molecule has 0 fully saturated rings. The van der Waals surface area contributed by atoms with Crippen molar-refractivity contribution in [2.75, 3.05) is 0 Å². The summed E-state index contributed by atoms with van der Waals surface area (Å²) in [6, 6.07) is 3.03. The minimum absolute atomic E-state index is 0.0888. The standard InChI is InChI=1S/C7H8O4/c1-5(8)11-7(9)6-3-2-4-10-6/h2-5,8H,1H3. The fourth-order valence-electron chi connectivity index (χ4n) is 0.608. The van der Waals surface area contributed by atoms with Gasteiger partial charge in [0.25, 0.3) is 0 Å². The predicted octanol–water partition coefficient (Wildman–Crippen LogP) is 0.775. The number of aliphatic hydroxyl groups excluding tert-OH is 1. The van der Waals surface area contributed by atoms with Crippen LogP contribution in [-0.2, 0) is 4.74 Å². The largest absolute Gasteiger partial charge is 0.457 e. The van der Waals surface area contributed by atoms with Crippen molar-refractivity contribution in [3.63, 3.8) is 0 Å². The van der Waals surface area contributed by atoms with Crippen molar-refractivity contribution in [1.82, 2.24) is 0 Å². The molecule has 60 valence electrons. The minimum atomic E-state index is -1.10. The van der Waals surface area contributed by atoms with E-state index >= 15 is 0 Å². The Hall–Kier alpha value is -1.29. The number of aliphatic hydroxyl groups is 1. The smallest absolute Gasteiger partial charge is 0.376 e. The molecule has 0 saturated heterocycles. The van der Waals surface area contributed by atoms with Gasteiger partial charge in [0.1, 0.15) is 0 Å². The molecule has 1 unspecified atom stereocenters. The Morgan fingerprint density at radius 1 is 1.82 bits per heavy atom. The van der Waals surface area contributed by atoms with Crippen molar-refractivity contribution in [1.29, 1.82) is 0 Å². The van der Waals surface area contributed by atoms with E-state index < -0.39 is 12.3 Å². The molecule has 0 aliphatic heterocycles. The zero-order chi connectivity index (χ0) is 8.27. The van der Waals surface area contributed by atoms with E-state index in [1.807, 2.05) is 0 Å². The first-order chi connectivity index (χ1) is 5.20. The van der Waals surface area contributed by atoms with Gasteiger partial charge in [0.15, 0.2) is 6.29 Å². The fraction of sp³-hybridized carbons (Fsp3) is 0.286. The minimum Gasteiger partial charge on any atom is -0.457 e. The second-order valence-corrected chi connectivity index (χ2v) is 1.98. The molecular weight excluding hydrogens is 148 g/mol. The summed E-state index contributed by atoms with van der Waals surface area (Å²) in [5.41, 5.74) is 0. The lowest BCUT2D eigenvalue weighted by atomic mass is 10.5. The predicted molar refractivity (Wildman–Crippen MR) is 35.8 cm³/mol. The lowest BCUT2D eigenvalue weighted by Crippen LogP contribution is -2.13. The normalized spacial score (nSPS) is 12.5. The highest BCUT2D eigenvalue weighted by atomic mass is 16.6. The van der Waals surface area contributed by atoms with E-state index in [0.29, 0.717) is 0 Å². The van der Waals surface area contributed by atoms with Gasteiger partial charge in [0, 0.05) is 0 Å². The van der Waals surface area contributed by atoms with Gasteiger partial charge in [-0.15, -0.1) is 0 Å². The Morgan fingerprint density at radius 3 is 3.00 bits per heavy atom. The number of esters is 1. The zero-order valence-electron chi connectivity index (χ0n) is 5.98. The molecule has 4 nitrogen and oxygen atoms in total. The molecule has 0 radical (unpaired) electrons. The van der Waals surface area contributed by atoms with E-state index in [1.54, 1.807) is 6.07 Å². The average Bonchev–Trinajstić information content (AvgIpc) is 2.35. The highest BCUT2D eigenvalue weighted by molar-refractivity contribution is 5.86. The van der Waals surface area contributed by atoms with Gasteiger partial charge in [0.05, 0.1) is 6.26 Å². The average molecular weight is 156 g/mol. The van der Waals surface area contributed by atoms with E-state index in [1.165, 1.54) is 19.3 Å². The van der Waals surface area contributed by atoms with Crippen molar-refractivity contribution in [3.8, 4) is 0 Å². The lowest BCUT2D eigenvalue weighted by Gasteiger charge is -2.03. The molecule has 0 aliphatic rings. The topological polar surface area (TPSA) is 59.7 Å². The number of ether oxygens (including phenoxy) is 1.